The molecule has 0 amide bonds. The summed E-state index contributed by atoms with van der Waals surface area (Å²) in [5.41, 5.74) is 2.91. The highest BCUT2D eigenvalue weighted by atomic mass is 16.2. The lowest BCUT2D eigenvalue weighted by molar-refractivity contribution is 0.299. The molecule has 0 aromatic heterocycles. The van der Waals surface area contributed by atoms with Gasteiger partial charge in [-0.15, -0.1) is 0 Å². The summed E-state index contributed by atoms with van der Waals surface area (Å²) >= 11 is 0. The predicted molar refractivity (Wildman–Crippen MR) is 60.6 cm³/mol. The van der Waals surface area contributed by atoms with Crippen LogP contribution in [0.15, 0.2) is 18.2 Å². The van der Waals surface area contributed by atoms with Crippen LogP contribution in [0.3, 0.4) is 0 Å². The lowest BCUT2D eigenvalue weighted by atomic mass is 9.99. The number of aliphatic hydroxyl groups excluding tert-OH is 1. The van der Waals surface area contributed by atoms with Crippen LogP contribution >= 0.6 is 0 Å². The zero-order chi connectivity index (χ0) is 11.1. The summed E-state index contributed by atoms with van der Waals surface area (Å²) in [6.07, 6.45) is 3.98. The minimum atomic E-state index is 0.103. The lowest BCUT2D eigenvalue weighted by Crippen LogP contribution is -1.97. The van der Waals surface area contributed by atoms with Gasteiger partial charge >= 0.3 is 0 Å². The summed E-state index contributed by atoms with van der Waals surface area (Å²) < 4.78 is 0. The van der Waals surface area contributed by atoms with Crippen LogP contribution in [0, 0.1) is 11.3 Å². The van der Waals surface area contributed by atoms with E-state index in [0.717, 1.165) is 12.0 Å². The number of unbranched alkanes of at least 4 members (excludes halogenated alkanes) is 1. The SMILES string of the molecule is CCCCc1ccc(C#N)c(CCO)c1. The first-order valence-electron chi connectivity index (χ1n) is 5.44. The molecule has 0 atom stereocenters. The number of hydrogen-bond donors (Lipinski definition) is 1. The molecule has 0 heterocycles. The maximum Gasteiger partial charge on any atom is 0.0994 e. The largest absolute Gasteiger partial charge is 0.396 e. The van der Waals surface area contributed by atoms with E-state index in [1.54, 1.807) is 0 Å². The molecule has 0 bridgehead atoms. The van der Waals surface area contributed by atoms with E-state index in [2.05, 4.69) is 13.0 Å². The molecule has 0 aliphatic heterocycles. The van der Waals surface area contributed by atoms with Crippen LogP contribution in [0.2, 0.25) is 0 Å². The molecule has 0 spiro atoms. The second-order valence-electron chi connectivity index (χ2n) is 3.68. The Balaban J connectivity index is 2.85. The molecule has 0 unspecified atom stereocenters. The molecule has 2 heteroatoms. The topological polar surface area (TPSA) is 44.0 Å². The summed E-state index contributed by atoms with van der Waals surface area (Å²) in [7, 11) is 0. The molecule has 1 rings (SSSR count). The Morgan fingerprint density at radius 3 is 2.73 bits per heavy atom. The number of aryl methyl sites for hydroxylation is 1. The van der Waals surface area contributed by atoms with Gasteiger partial charge in [0, 0.05) is 6.61 Å². The van der Waals surface area contributed by atoms with E-state index in [9.17, 15) is 0 Å². The van der Waals surface area contributed by atoms with Crippen molar-refractivity contribution in [3.8, 4) is 6.07 Å². The van der Waals surface area contributed by atoms with Crippen molar-refractivity contribution in [3.05, 3.63) is 34.9 Å². The van der Waals surface area contributed by atoms with Gasteiger partial charge in [0.1, 0.15) is 0 Å². The van der Waals surface area contributed by atoms with E-state index in [1.807, 2.05) is 18.2 Å². The fraction of sp³-hybridized carbons (Fsp3) is 0.462. The molecule has 0 radical (unpaired) electrons. The molecule has 1 N–H and O–H groups in total. The van der Waals surface area contributed by atoms with Crippen LogP contribution in [-0.4, -0.2) is 11.7 Å². The highest BCUT2D eigenvalue weighted by molar-refractivity contribution is 5.40. The van der Waals surface area contributed by atoms with Gasteiger partial charge in [0.25, 0.3) is 0 Å². The number of nitrogens with zero attached hydrogens (tertiary/aromatic N) is 1. The molecule has 1 aromatic carbocycles. The molecule has 0 fully saturated rings. The quantitative estimate of drug-likeness (QED) is 0.798. The van der Waals surface area contributed by atoms with Gasteiger partial charge in [0.2, 0.25) is 0 Å². The zero-order valence-corrected chi connectivity index (χ0v) is 9.16. The minimum Gasteiger partial charge on any atom is -0.396 e. The molecule has 15 heavy (non-hydrogen) atoms. The third-order valence-electron chi connectivity index (χ3n) is 2.49. The molecule has 1 aromatic rings. The first-order valence-corrected chi connectivity index (χ1v) is 5.44. The van der Waals surface area contributed by atoms with Crippen molar-refractivity contribution in [2.45, 2.75) is 32.6 Å². The summed E-state index contributed by atoms with van der Waals surface area (Å²) in [6, 6.07) is 8.06. The normalized spacial score (nSPS) is 9.93. The first-order chi connectivity index (χ1) is 7.31. The van der Waals surface area contributed by atoms with Crippen molar-refractivity contribution in [2.24, 2.45) is 0 Å². The van der Waals surface area contributed by atoms with Crippen LogP contribution in [0.4, 0.5) is 0 Å². The van der Waals surface area contributed by atoms with Crippen molar-refractivity contribution >= 4 is 0 Å². The Hall–Kier alpha value is -1.33. The lowest BCUT2D eigenvalue weighted by Gasteiger charge is -2.05. The van der Waals surface area contributed by atoms with Gasteiger partial charge in [-0.25, -0.2) is 0 Å². The number of nitriles is 1. The van der Waals surface area contributed by atoms with Crippen LogP contribution in [0.5, 0.6) is 0 Å². The van der Waals surface area contributed by atoms with Gasteiger partial charge < -0.3 is 5.11 Å². The zero-order valence-electron chi connectivity index (χ0n) is 9.16. The first kappa shape index (κ1) is 11.7. The van der Waals surface area contributed by atoms with E-state index in [1.165, 1.54) is 18.4 Å². The second-order valence-corrected chi connectivity index (χ2v) is 3.68. The third-order valence-corrected chi connectivity index (χ3v) is 2.49. The second kappa shape index (κ2) is 6.21. The molecular formula is C13H17NO. The Kier molecular flexibility index (Phi) is 4.86. The minimum absolute atomic E-state index is 0.103. The highest BCUT2D eigenvalue weighted by Crippen LogP contribution is 2.14. The van der Waals surface area contributed by atoms with Crippen LogP contribution in [0.1, 0.15) is 36.5 Å². The number of aliphatic hydroxyl groups is 1. The van der Waals surface area contributed by atoms with E-state index in [0.29, 0.717) is 12.0 Å². The standard InChI is InChI=1S/C13H17NO/c1-2-3-4-11-5-6-13(10-14)12(9-11)7-8-15/h5-6,9,15H,2-4,7-8H2,1H3. The van der Waals surface area contributed by atoms with Gasteiger partial charge in [0.15, 0.2) is 0 Å². The Labute approximate surface area is 91.2 Å². The van der Waals surface area contributed by atoms with Crippen molar-refractivity contribution in [1.29, 1.82) is 5.26 Å². The smallest absolute Gasteiger partial charge is 0.0994 e. The Bertz CT molecular complexity index is 352. The van der Waals surface area contributed by atoms with Gasteiger partial charge in [-0.2, -0.15) is 5.26 Å². The van der Waals surface area contributed by atoms with Crippen LogP contribution < -0.4 is 0 Å². The molecule has 2 nitrogen and oxygen atoms in total. The van der Waals surface area contributed by atoms with E-state index in [-0.39, 0.29) is 6.61 Å². The molecule has 0 saturated carbocycles. The van der Waals surface area contributed by atoms with Crippen LogP contribution in [0.25, 0.3) is 0 Å². The number of hydrogen-bond acceptors (Lipinski definition) is 2. The monoisotopic (exact) mass is 203 g/mol. The predicted octanol–water partition coefficient (Wildman–Crippen LogP) is 2.44. The molecule has 0 aliphatic rings. The van der Waals surface area contributed by atoms with E-state index < -0.39 is 0 Å². The Morgan fingerprint density at radius 1 is 1.33 bits per heavy atom. The summed E-state index contributed by atoms with van der Waals surface area (Å²) in [4.78, 5) is 0. The van der Waals surface area contributed by atoms with Gasteiger partial charge in [-0.1, -0.05) is 25.5 Å². The summed E-state index contributed by atoms with van der Waals surface area (Å²) in [5, 5.41) is 17.8. The molecule has 80 valence electrons. The van der Waals surface area contributed by atoms with Gasteiger partial charge in [0.05, 0.1) is 11.6 Å². The molecular weight excluding hydrogens is 186 g/mol. The highest BCUT2D eigenvalue weighted by Gasteiger charge is 2.02. The average Bonchev–Trinajstić information content (AvgIpc) is 2.27. The number of benzene rings is 1. The maximum absolute atomic E-state index is 8.90. The summed E-state index contributed by atoms with van der Waals surface area (Å²) in [5.74, 6) is 0. The van der Waals surface area contributed by atoms with E-state index >= 15 is 0 Å². The average molecular weight is 203 g/mol. The third kappa shape index (κ3) is 3.38. The maximum atomic E-state index is 8.90. The van der Waals surface area contributed by atoms with Crippen molar-refractivity contribution in [3.63, 3.8) is 0 Å². The van der Waals surface area contributed by atoms with Gasteiger partial charge in [-0.3, -0.25) is 0 Å². The van der Waals surface area contributed by atoms with Gasteiger partial charge in [-0.05, 0) is 36.5 Å². The van der Waals surface area contributed by atoms with E-state index in [4.69, 9.17) is 10.4 Å². The van der Waals surface area contributed by atoms with Crippen molar-refractivity contribution in [1.82, 2.24) is 0 Å². The fourth-order valence-corrected chi connectivity index (χ4v) is 1.62. The molecule has 0 saturated heterocycles. The van der Waals surface area contributed by atoms with Crippen LogP contribution in [-0.2, 0) is 12.8 Å². The Morgan fingerprint density at radius 2 is 2.13 bits per heavy atom. The number of rotatable bonds is 5. The van der Waals surface area contributed by atoms with Crippen molar-refractivity contribution < 1.29 is 5.11 Å². The fourth-order valence-electron chi connectivity index (χ4n) is 1.62. The summed E-state index contributed by atoms with van der Waals surface area (Å²) in [6.45, 7) is 2.27. The van der Waals surface area contributed by atoms with Crippen molar-refractivity contribution in [2.75, 3.05) is 6.61 Å². The molecule has 0 aliphatic carbocycles.